The van der Waals surface area contributed by atoms with E-state index in [4.69, 9.17) is 9.47 Å². The summed E-state index contributed by atoms with van der Waals surface area (Å²) >= 11 is 0. The largest absolute Gasteiger partial charge is 0.463 e. The molecule has 3 rings (SSSR count). The Morgan fingerprint density at radius 2 is 1.86 bits per heavy atom. The molecule has 2 fully saturated rings. The van der Waals surface area contributed by atoms with Crippen LogP contribution in [0.5, 0.6) is 0 Å². The lowest BCUT2D eigenvalue weighted by Gasteiger charge is -2.23. The zero-order chi connectivity index (χ0) is 15.5. The molecule has 3 heteroatoms. The maximum Gasteiger partial charge on any atom is 0.346 e. The van der Waals surface area contributed by atoms with Crippen molar-refractivity contribution in [3.63, 3.8) is 0 Å². The second-order valence-electron chi connectivity index (χ2n) is 6.55. The van der Waals surface area contributed by atoms with E-state index in [1.807, 2.05) is 30.3 Å². The summed E-state index contributed by atoms with van der Waals surface area (Å²) in [5, 5.41) is 0. The van der Waals surface area contributed by atoms with Gasteiger partial charge in [0.25, 0.3) is 0 Å². The summed E-state index contributed by atoms with van der Waals surface area (Å²) in [7, 11) is 0. The molecule has 1 atom stereocenters. The van der Waals surface area contributed by atoms with E-state index in [1.165, 1.54) is 6.42 Å². The van der Waals surface area contributed by atoms with Crippen molar-refractivity contribution >= 4 is 5.97 Å². The molecular formula is C19H26O3. The predicted molar refractivity (Wildman–Crippen MR) is 85.5 cm³/mol. The maximum absolute atomic E-state index is 12.8. The third kappa shape index (κ3) is 2.56. The number of benzene rings is 1. The Labute approximate surface area is 133 Å². The topological polar surface area (TPSA) is 38.8 Å². The monoisotopic (exact) mass is 302 g/mol. The molecule has 0 amide bonds. The van der Waals surface area contributed by atoms with Gasteiger partial charge in [-0.2, -0.15) is 0 Å². The molecular weight excluding hydrogens is 276 g/mol. The maximum atomic E-state index is 12.8. The molecule has 1 unspecified atom stereocenters. The van der Waals surface area contributed by atoms with Crippen LogP contribution in [-0.2, 0) is 19.9 Å². The van der Waals surface area contributed by atoms with E-state index in [9.17, 15) is 4.79 Å². The van der Waals surface area contributed by atoms with Crippen molar-refractivity contribution in [1.82, 2.24) is 0 Å². The summed E-state index contributed by atoms with van der Waals surface area (Å²) in [4.78, 5) is 12.8. The standard InChI is InChI=1S/C19H26O3/c1-2-3-10-15-21-17(20)19(16-11-6-4-7-12-16)18(22-19)13-8-5-9-14-18/h4,6-7,11-12H,2-3,5,8-10,13-15H2,1H3. The average molecular weight is 302 g/mol. The molecule has 1 spiro atoms. The van der Waals surface area contributed by atoms with Crippen LogP contribution in [-0.4, -0.2) is 18.2 Å². The molecule has 1 saturated carbocycles. The van der Waals surface area contributed by atoms with Crippen molar-refractivity contribution in [3.05, 3.63) is 35.9 Å². The predicted octanol–water partition coefficient (Wildman–Crippen LogP) is 4.35. The van der Waals surface area contributed by atoms with E-state index in [0.29, 0.717) is 6.61 Å². The molecule has 1 aliphatic carbocycles. The van der Waals surface area contributed by atoms with Gasteiger partial charge in [-0.05, 0) is 24.8 Å². The van der Waals surface area contributed by atoms with Crippen LogP contribution in [0.25, 0.3) is 0 Å². The van der Waals surface area contributed by atoms with Crippen molar-refractivity contribution in [1.29, 1.82) is 0 Å². The van der Waals surface area contributed by atoms with Crippen molar-refractivity contribution in [2.24, 2.45) is 0 Å². The van der Waals surface area contributed by atoms with E-state index < -0.39 is 5.60 Å². The number of carbonyl (C=O) groups is 1. The van der Waals surface area contributed by atoms with Crippen LogP contribution in [0.15, 0.2) is 30.3 Å². The van der Waals surface area contributed by atoms with Crippen LogP contribution in [0.2, 0.25) is 0 Å². The first kappa shape index (κ1) is 15.5. The van der Waals surface area contributed by atoms with Crippen molar-refractivity contribution in [2.75, 3.05) is 6.61 Å². The second kappa shape index (κ2) is 6.41. The van der Waals surface area contributed by atoms with Crippen LogP contribution in [0.3, 0.4) is 0 Å². The first-order valence-corrected chi connectivity index (χ1v) is 8.68. The number of hydrogen-bond acceptors (Lipinski definition) is 3. The van der Waals surface area contributed by atoms with Gasteiger partial charge in [0.15, 0.2) is 0 Å². The Morgan fingerprint density at radius 3 is 2.55 bits per heavy atom. The number of hydrogen-bond donors (Lipinski definition) is 0. The van der Waals surface area contributed by atoms with Gasteiger partial charge in [0.05, 0.1) is 6.61 Å². The van der Waals surface area contributed by atoms with Gasteiger partial charge in [0.2, 0.25) is 5.60 Å². The number of carbonyl (C=O) groups excluding carboxylic acids is 1. The SMILES string of the molecule is CCCCCOC(=O)C1(c2ccccc2)OC12CCCCC2. The lowest BCUT2D eigenvalue weighted by Crippen LogP contribution is -2.35. The van der Waals surface area contributed by atoms with Gasteiger partial charge in [-0.15, -0.1) is 0 Å². The Hall–Kier alpha value is -1.35. The highest BCUT2D eigenvalue weighted by molar-refractivity contribution is 5.86. The minimum atomic E-state index is -0.846. The summed E-state index contributed by atoms with van der Waals surface area (Å²) in [6.07, 6.45) is 8.59. The van der Waals surface area contributed by atoms with Crippen LogP contribution in [0.1, 0.15) is 63.9 Å². The zero-order valence-corrected chi connectivity index (χ0v) is 13.5. The molecule has 2 aliphatic rings. The van der Waals surface area contributed by atoms with Crippen molar-refractivity contribution in [3.8, 4) is 0 Å². The summed E-state index contributed by atoms with van der Waals surface area (Å²) in [5.41, 5.74) is -0.201. The van der Waals surface area contributed by atoms with Gasteiger partial charge in [0.1, 0.15) is 5.60 Å². The van der Waals surface area contributed by atoms with E-state index in [-0.39, 0.29) is 11.6 Å². The van der Waals surface area contributed by atoms with Crippen LogP contribution < -0.4 is 0 Å². The summed E-state index contributed by atoms with van der Waals surface area (Å²) in [6, 6.07) is 9.91. The van der Waals surface area contributed by atoms with Gasteiger partial charge in [-0.1, -0.05) is 69.4 Å². The highest BCUT2D eigenvalue weighted by Crippen LogP contribution is 2.63. The Balaban J connectivity index is 1.78. The quantitative estimate of drug-likeness (QED) is 0.445. The molecule has 0 N–H and O–H groups in total. The van der Waals surface area contributed by atoms with Gasteiger partial charge in [0, 0.05) is 0 Å². The zero-order valence-electron chi connectivity index (χ0n) is 13.5. The molecule has 3 nitrogen and oxygen atoms in total. The molecule has 1 aromatic carbocycles. The highest BCUT2D eigenvalue weighted by atomic mass is 16.7. The minimum absolute atomic E-state index is 0.184. The van der Waals surface area contributed by atoms with E-state index in [0.717, 1.165) is 50.5 Å². The molecule has 0 bridgehead atoms. The minimum Gasteiger partial charge on any atom is -0.463 e. The molecule has 1 aliphatic heterocycles. The lowest BCUT2D eigenvalue weighted by atomic mass is 9.77. The van der Waals surface area contributed by atoms with Gasteiger partial charge >= 0.3 is 5.97 Å². The van der Waals surface area contributed by atoms with E-state index >= 15 is 0 Å². The van der Waals surface area contributed by atoms with Crippen molar-refractivity contribution < 1.29 is 14.3 Å². The number of esters is 1. The molecule has 1 heterocycles. The van der Waals surface area contributed by atoms with Crippen molar-refractivity contribution in [2.45, 2.75) is 69.5 Å². The first-order chi connectivity index (χ1) is 10.8. The average Bonchev–Trinajstić information content (AvgIpc) is 3.21. The number of epoxide rings is 1. The van der Waals surface area contributed by atoms with Crippen LogP contribution in [0.4, 0.5) is 0 Å². The Kier molecular flexibility index (Phi) is 4.53. The number of ether oxygens (including phenoxy) is 2. The molecule has 22 heavy (non-hydrogen) atoms. The summed E-state index contributed by atoms with van der Waals surface area (Å²) in [5.74, 6) is -0.184. The second-order valence-corrected chi connectivity index (χ2v) is 6.55. The Morgan fingerprint density at radius 1 is 1.14 bits per heavy atom. The lowest BCUT2D eigenvalue weighted by molar-refractivity contribution is -0.150. The fourth-order valence-corrected chi connectivity index (χ4v) is 3.80. The molecule has 0 aromatic heterocycles. The fourth-order valence-electron chi connectivity index (χ4n) is 3.80. The Bertz CT molecular complexity index is 505. The first-order valence-electron chi connectivity index (χ1n) is 8.68. The number of rotatable bonds is 6. The molecule has 1 aromatic rings. The van der Waals surface area contributed by atoms with Crippen LogP contribution >= 0.6 is 0 Å². The third-order valence-corrected chi connectivity index (χ3v) is 5.06. The van der Waals surface area contributed by atoms with Gasteiger partial charge in [-0.3, -0.25) is 0 Å². The molecule has 1 saturated heterocycles. The summed E-state index contributed by atoms with van der Waals surface area (Å²) < 4.78 is 11.8. The van der Waals surface area contributed by atoms with E-state index in [2.05, 4.69) is 6.92 Å². The fraction of sp³-hybridized carbons (Fsp3) is 0.632. The normalized spacial score (nSPS) is 25.9. The third-order valence-electron chi connectivity index (χ3n) is 5.06. The molecule has 120 valence electrons. The summed E-state index contributed by atoms with van der Waals surface area (Å²) in [6.45, 7) is 2.65. The van der Waals surface area contributed by atoms with Gasteiger partial charge in [-0.25, -0.2) is 4.79 Å². The van der Waals surface area contributed by atoms with E-state index in [1.54, 1.807) is 0 Å². The van der Waals surface area contributed by atoms with Gasteiger partial charge < -0.3 is 9.47 Å². The van der Waals surface area contributed by atoms with Crippen LogP contribution in [0, 0.1) is 0 Å². The smallest absolute Gasteiger partial charge is 0.346 e. The highest BCUT2D eigenvalue weighted by Gasteiger charge is 2.75. The number of unbranched alkanes of at least 4 members (excludes halogenated alkanes) is 2. The molecule has 0 radical (unpaired) electrons.